The molecule has 0 aliphatic carbocycles. The van der Waals surface area contributed by atoms with Crippen LogP contribution in [-0.4, -0.2) is 25.6 Å². The second-order valence-corrected chi connectivity index (χ2v) is 4.55. The monoisotopic (exact) mass is 195 g/mol. The van der Waals surface area contributed by atoms with Crippen LogP contribution < -0.4 is 0 Å². The quantitative estimate of drug-likeness (QED) is 0.548. The number of isothiocyanates is 1. The van der Waals surface area contributed by atoms with Crippen LogP contribution in [0.1, 0.15) is 19.8 Å². The van der Waals surface area contributed by atoms with Crippen molar-refractivity contribution in [2.45, 2.75) is 19.8 Å². The first-order valence-electron chi connectivity index (χ1n) is 3.19. The van der Waals surface area contributed by atoms with E-state index in [1.165, 1.54) is 6.26 Å². The van der Waals surface area contributed by atoms with Gasteiger partial charge in [-0.15, -0.1) is 0 Å². The summed E-state index contributed by atoms with van der Waals surface area (Å²) in [5.74, 6) is 0.337. The van der Waals surface area contributed by atoms with E-state index in [-0.39, 0.29) is 0 Å². The highest BCUT2D eigenvalue weighted by atomic mass is 32.2. The molecule has 0 aliphatic rings. The van der Waals surface area contributed by atoms with Crippen molar-refractivity contribution in [1.29, 1.82) is 5.41 Å². The predicted molar refractivity (Wildman–Crippen MR) is 49.9 cm³/mol. The van der Waals surface area contributed by atoms with Gasteiger partial charge >= 0.3 is 0 Å². The minimum Gasteiger partial charge on any atom is -0.248 e. The topological polar surface area (TPSA) is 58.0 Å². The fourth-order valence-corrected chi connectivity index (χ4v) is 1.22. The number of unbranched alkanes of at least 4 members (excludes halogenated alkanes) is 1. The van der Waals surface area contributed by atoms with Gasteiger partial charge in [-0.2, -0.15) is 0 Å². The summed E-state index contributed by atoms with van der Waals surface area (Å²) in [6.07, 6.45) is 3.01. The smallest absolute Gasteiger partial charge is 0.147 e. The Balaban J connectivity index is 0. The molecule has 0 amide bonds. The molecule has 1 N–H and O–H groups in total. The van der Waals surface area contributed by atoms with Crippen LogP contribution in [0.2, 0.25) is 0 Å². The Morgan fingerprint density at radius 1 is 1.55 bits per heavy atom. The van der Waals surface area contributed by atoms with Crippen molar-refractivity contribution in [2.75, 3.05) is 12.0 Å². The van der Waals surface area contributed by atoms with Gasteiger partial charge in [-0.05, 0) is 18.6 Å². The Bertz CT molecular complexity index is 203. The summed E-state index contributed by atoms with van der Waals surface area (Å²) in [6, 6.07) is 0. The van der Waals surface area contributed by atoms with E-state index in [2.05, 4.69) is 12.2 Å². The van der Waals surface area contributed by atoms with Crippen molar-refractivity contribution in [1.82, 2.24) is 0 Å². The van der Waals surface area contributed by atoms with Crippen LogP contribution in [0.25, 0.3) is 0 Å². The molecule has 66 valence electrons. The second kappa shape index (κ2) is 7.85. The van der Waals surface area contributed by atoms with E-state index >= 15 is 0 Å². The summed E-state index contributed by atoms with van der Waals surface area (Å²) in [5, 5.41) is 7.36. The van der Waals surface area contributed by atoms with Gasteiger partial charge < -0.3 is 0 Å². The van der Waals surface area contributed by atoms with E-state index < -0.39 is 9.84 Å². The molecule has 0 aromatic carbocycles. The van der Waals surface area contributed by atoms with Crippen LogP contribution >= 0.6 is 12.2 Å². The van der Waals surface area contributed by atoms with Gasteiger partial charge in [0, 0.05) is 12.0 Å². The van der Waals surface area contributed by atoms with Crippen LogP contribution in [0.15, 0.2) is 0 Å². The number of thiocarbonyl (C=S) groups is 1. The van der Waals surface area contributed by atoms with Gasteiger partial charge in [-0.25, -0.2) is 13.8 Å². The average molecular weight is 195 g/mol. The molecule has 3 nitrogen and oxygen atoms in total. The number of sulfone groups is 1. The van der Waals surface area contributed by atoms with Gasteiger partial charge in [0.05, 0.1) is 5.16 Å². The molecule has 0 aliphatic heterocycles. The van der Waals surface area contributed by atoms with Crippen LogP contribution in [0.4, 0.5) is 0 Å². The molecule has 0 rings (SSSR count). The zero-order valence-corrected chi connectivity index (χ0v) is 8.39. The molecule has 0 spiro atoms. The summed E-state index contributed by atoms with van der Waals surface area (Å²) < 4.78 is 20.8. The van der Waals surface area contributed by atoms with Crippen LogP contribution in [0, 0.1) is 5.41 Å². The van der Waals surface area contributed by atoms with Crippen molar-refractivity contribution in [3.05, 3.63) is 0 Å². The third-order valence-corrected chi connectivity index (χ3v) is 1.90. The molecule has 5 heteroatoms. The predicted octanol–water partition coefficient (Wildman–Crippen LogP) is 1.50. The molecule has 0 aromatic heterocycles. The Kier molecular flexibility index (Phi) is 9.53. The molecule has 0 saturated heterocycles. The van der Waals surface area contributed by atoms with Gasteiger partial charge in [-0.3, -0.25) is 0 Å². The summed E-state index contributed by atoms with van der Waals surface area (Å²) >= 11 is 3.81. The molecule has 0 radical (unpaired) electrons. The number of hydrogen-bond donors (Lipinski definition) is 1. The lowest BCUT2D eigenvalue weighted by Crippen LogP contribution is -2.01. The Morgan fingerprint density at radius 2 is 1.91 bits per heavy atom. The maximum Gasteiger partial charge on any atom is 0.147 e. The SMILES string of the molecule is CCCCS(C)(=O)=O.N=C=S. The van der Waals surface area contributed by atoms with Crippen molar-refractivity contribution < 1.29 is 8.42 Å². The Morgan fingerprint density at radius 3 is 2.00 bits per heavy atom. The van der Waals surface area contributed by atoms with Gasteiger partial charge in [0.15, 0.2) is 0 Å². The van der Waals surface area contributed by atoms with Gasteiger partial charge in [0.25, 0.3) is 0 Å². The van der Waals surface area contributed by atoms with Crippen LogP contribution in [-0.2, 0) is 9.84 Å². The Hall–Kier alpha value is -0.250. The van der Waals surface area contributed by atoms with E-state index in [1.807, 2.05) is 6.92 Å². The average Bonchev–Trinajstić information content (AvgIpc) is 1.84. The first-order valence-corrected chi connectivity index (χ1v) is 5.66. The third-order valence-electron chi connectivity index (χ3n) is 0.869. The fourth-order valence-electron chi connectivity index (χ4n) is 0.407. The van der Waals surface area contributed by atoms with Crippen molar-refractivity contribution in [3.8, 4) is 0 Å². The summed E-state index contributed by atoms with van der Waals surface area (Å²) in [7, 11) is -2.69. The first kappa shape index (κ1) is 13.3. The minimum absolute atomic E-state index is 0.337. The van der Waals surface area contributed by atoms with E-state index in [1.54, 1.807) is 5.16 Å². The largest absolute Gasteiger partial charge is 0.248 e. The normalized spacial score (nSPS) is 9.27. The zero-order chi connectivity index (χ0) is 9.33. The highest BCUT2D eigenvalue weighted by Crippen LogP contribution is 1.91. The lowest BCUT2D eigenvalue weighted by molar-refractivity contribution is 0.598. The van der Waals surface area contributed by atoms with Gasteiger partial charge in [0.1, 0.15) is 9.84 Å². The zero-order valence-electron chi connectivity index (χ0n) is 6.75. The third kappa shape index (κ3) is 26.0. The fraction of sp³-hybridized carbons (Fsp3) is 0.833. The molecule has 0 heterocycles. The Labute approximate surface area is 73.2 Å². The lowest BCUT2D eigenvalue weighted by Gasteiger charge is -1.91. The maximum absolute atomic E-state index is 10.4. The summed E-state index contributed by atoms with van der Waals surface area (Å²) in [5.41, 5.74) is 0. The molecular weight excluding hydrogens is 182 g/mol. The van der Waals surface area contributed by atoms with Crippen LogP contribution in [0.3, 0.4) is 0 Å². The molecule has 0 bridgehead atoms. The van der Waals surface area contributed by atoms with Gasteiger partial charge in [0.2, 0.25) is 0 Å². The van der Waals surface area contributed by atoms with E-state index in [0.717, 1.165) is 12.8 Å². The summed E-state index contributed by atoms with van der Waals surface area (Å²) in [4.78, 5) is 0. The summed E-state index contributed by atoms with van der Waals surface area (Å²) in [6.45, 7) is 1.98. The number of rotatable bonds is 3. The standard InChI is InChI=1S/C5H12O2S.CHNS/c1-3-4-5-8(2,6)7;2-1-3/h3-5H2,1-2H3;2H. The van der Waals surface area contributed by atoms with E-state index in [0.29, 0.717) is 5.75 Å². The van der Waals surface area contributed by atoms with Crippen molar-refractivity contribution >= 4 is 27.2 Å². The lowest BCUT2D eigenvalue weighted by atomic mass is 10.4. The van der Waals surface area contributed by atoms with Crippen LogP contribution in [0.5, 0.6) is 0 Å². The van der Waals surface area contributed by atoms with Crippen molar-refractivity contribution in [3.63, 3.8) is 0 Å². The molecule has 0 atom stereocenters. The molecule has 0 fully saturated rings. The highest BCUT2D eigenvalue weighted by Gasteiger charge is 1.97. The van der Waals surface area contributed by atoms with E-state index in [4.69, 9.17) is 5.41 Å². The maximum atomic E-state index is 10.4. The molecule has 0 saturated carbocycles. The van der Waals surface area contributed by atoms with Crippen molar-refractivity contribution in [2.24, 2.45) is 0 Å². The molecule has 11 heavy (non-hydrogen) atoms. The molecule has 0 aromatic rings. The second-order valence-electron chi connectivity index (χ2n) is 2.09. The number of hydrogen-bond acceptors (Lipinski definition) is 4. The van der Waals surface area contributed by atoms with E-state index in [9.17, 15) is 8.42 Å². The molecule has 0 unspecified atom stereocenters. The molecular formula is C6H13NO2S2. The van der Waals surface area contributed by atoms with Gasteiger partial charge in [-0.1, -0.05) is 13.3 Å². The first-order chi connectivity index (χ1) is 4.97. The highest BCUT2D eigenvalue weighted by molar-refractivity contribution is 7.90. The minimum atomic E-state index is -2.69. The number of nitrogens with one attached hydrogen (secondary N) is 1.